The summed E-state index contributed by atoms with van der Waals surface area (Å²) < 4.78 is 0. The quantitative estimate of drug-likeness (QED) is 0.834. The van der Waals surface area contributed by atoms with Crippen molar-refractivity contribution in [2.24, 2.45) is 5.92 Å². The van der Waals surface area contributed by atoms with Crippen LogP contribution in [0, 0.1) is 12.8 Å². The number of nitrogens with zero attached hydrogens (tertiary/aromatic N) is 1. The van der Waals surface area contributed by atoms with Gasteiger partial charge in [0.1, 0.15) is 0 Å². The molecule has 6 heteroatoms. The second-order valence-electron chi connectivity index (χ2n) is 7.13. The first-order valence-electron chi connectivity index (χ1n) is 9.45. The normalized spacial score (nSPS) is 16.2. The summed E-state index contributed by atoms with van der Waals surface area (Å²) in [6, 6.07) is 13.2. The van der Waals surface area contributed by atoms with Gasteiger partial charge in [0.05, 0.1) is 5.92 Å². The summed E-state index contributed by atoms with van der Waals surface area (Å²) in [4.78, 5) is 38.0. The smallest absolute Gasteiger partial charge is 0.229 e. The fourth-order valence-electron chi connectivity index (χ4n) is 3.39. The zero-order valence-electron chi connectivity index (χ0n) is 16.4. The lowest BCUT2D eigenvalue weighted by atomic mass is 10.1. The fraction of sp³-hybridized carbons (Fsp3) is 0.318. The Morgan fingerprint density at radius 2 is 1.93 bits per heavy atom. The summed E-state index contributed by atoms with van der Waals surface area (Å²) in [6.07, 6.45) is 1.10. The van der Waals surface area contributed by atoms with E-state index in [0.29, 0.717) is 17.9 Å². The molecular weight excluding hydrogens is 354 g/mol. The molecule has 1 aliphatic rings. The third-order valence-corrected chi connectivity index (χ3v) is 4.93. The van der Waals surface area contributed by atoms with Gasteiger partial charge in [0.15, 0.2) is 0 Å². The number of rotatable bonds is 5. The van der Waals surface area contributed by atoms with Gasteiger partial charge in [-0.3, -0.25) is 14.4 Å². The fourth-order valence-corrected chi connectivity index (χ4v) is 3.39. The second-order valence-corrected chi connectivity index (χ2v) is 7.13. The topological polar surface area (TPSA) is 78.5 Å². The van der Waals surface area contributed by atoms with Crippen molar-refractivity contribution in [3.05, 3.63) is 53.6 Å². The van der Waals surface area contributed by atoms with Gasteiger partial charge < -0.3 is 15.5 Å². The first-order chi connectivity index (χ1) is 13.4. The van der Waals surface area contributed by atoms with Crippen LogP contribution in [0.15, 0.2) is 42.5 Å². The number of aryl methyl sites for hydroxylation is 2. The standard InChI is InChI=1S/C22H25N3O3/c1-4-16-6-5-7-19(11-16)25-13-17(12-21(25)27)22(28)24-18-8-9-20(14(2)10-18)23-15(3)26/h5-11,17H,4,12-13H2,1-3H3,(H,23,26)(H,24,28)/t17-/m0/s1. The first-order valence-corrected chi connectivity index (χ1v) is 9.45. The van der Waals surface area contributed by atoms with Crippen molar-refractivity contribution < 1.29 is 14.4 Å². The van der Waals surface area contributed by atoms with E-state index in [9.17, 15) is 14.4 Å². The van der Waals surface area contributed by atoms with Crippen molar-refractivity contribution in [1.82, 2.24) is 0 Å². The number of hydrogen-bond acceptors (Lipinski definition) is 3. The Hall–Kier alpha value is -3.15. The van der Waals surface area contributed by atoms with Crippen LogP contribution in [0.4, 0.5) is 17.1 Å². The van der Waals surface area contributed by atoms with Gasteiger partial charge in [-0.1, -0.05) is 19.1 Å². The van der Waals surface area contributed by atoms with Crippen LogP contribution in [0.5, 0.6) is 0 Å². The van der Waals surface area contributed by atoms with Gasteiger partial charge >= 0.3 is 0 Å². The highest BCUT2D eigenvalue weighted by molar-refractivity contribution is 6.03. The van der Waals surface area contributed by atoms with Crippen molar-refractivity contribution in [3.8, 4) is 0 Å². The van der Waals surface area contributed by atoms with Crippen molar-refractivity contribution in [2.75, 3.05) is 22.1 Å². The summed E-state index contributed by atoms with van der Waals surface area (Å²) in [6.45, 7) is 5.76. The molecule has 0 aromatic heterocycles. The number of benzene rings is 2. The Morgan fingerprint density at radius 3 is 2.61 bits per heavy atom. The highest BCUT2D eigenvalue weighted by Crippen LogP contribution is 2.27. The maximum atomic E-state index is 12.7. The summed E-state index contributed by atoms with van der Waals surface area (Å²) in [5, 5.41) is 5.63. The number of carbonyl (C=O) groups is 3. The minimum atomic E-state index is -0.395. The Kier molecular flexibility index (Phi) is 5.78. The summed E-state index contributed by atoms with van der Waals surface area (Å²) >= 11 is 0. The van der Waals surface area contributed by atoms with Crippen LogP contribution in [-0.2, 0) is 20.8 Å². The summed E-state index contributed by atoms with van der Waals surface area (Å²) in [5.74, 6) is -0.746. The molecule has 2 aromatic rings. The number of carbonyl (C=O) groups excluding carboxylic acids is 3. The molecule has 1 aliphatic heterocycles. The molecule has 3 rings (SSSR count). The molecule has 0 radical (unpaired) electrons. The van der Waals surface area contributed by atoms with Crippen LogP contribution in [-0.4, -0.2) is 24.3 Å². The zero-order chi connectivity index (χ0) is 20.3. The first kappa shape index (κ1) is 19.6. The van der Waals surface area contributed by atoms with Crippen molar-refractivity contribution in [3.63, 3.8) is 0 Å². The number of hydrogen-bond donors (Lipinski definition) is 2. The third-order valence-electron chi connectivity index (χ3n) is 4.93. The number of nitrogens with one attached hydrogen (secondary N) is 2. The molecule has 1 fully saturated rings. The molecule has 0 bridgehead atoms. The van der Waals surface area contributed by atoms with Gasteiger partial charge in [-0.25, -0.2) is 0 Å². The minimum absolute atomic E-state index is 0.0365. The highest BCUT2D eigenvalue weighted by Gasteiger charge is 2.35. The molecule has 2 aromatic carbocycles. The van der Waals surface area contributed by atoms with Crippen LogP contribution in [0.1, 0.15) is 31.4 Å². The molecule has 1 saturated heterocycles. The lowest BCUT2D eigenvalue weighted by molar-refractivity contribution is -0.122. The highest BCUT2D eigenvalue weighted by atomic mass is 16.2. The molecule has 1 atom stereocenters. The van der Waals surface area contributed by atoms with Gasteiger partial charge in [-0.05, 0) is 54.8 Å². The molecular formula is C22H25N3O3. The van der Waals surface area contributed by atoms with Crippen LogP contribution in [0.25, 0.3) is 0 Å². The summed E-state index contributed by atoms with van der Waals surface area (Å²) in [5.41, 5.74) is 4.22. The minimum Gasteiger partial charge on any atom is -0.326 e. The molecule has 28 heavy (non-hydrogen) atoms. The Labute approximate surface area is 164 Å². The zero-order valence-corrected chi connectivity index (χ0v) is 16.4. The van der Waals surface area contributed by atoms with E-state index in [1.807, 2.05) is 37.3 Å². The lowest BCUT2D eigenvalue weighted by Crippen LogP contribution is -2.28. The molecule has 6 nitrogen and oxygen atoms in total. The van der Waals surface area contributed by atoms with Gasteiger partial charge in [-0.2, -0.15) is 0 Å². The summed E-state index contributed by atoms with van der Waals surface area (Å²) in [7, 11) is 0. The van der Waals surface area contributed by atoms with Crippen molar-refractivity contribution in [1.29, 1.82) is 0 Å². The maximum Gasteiger partial charge on any atom is 0.229 e. The van der Waals surface area contributed by atoms with Gasteiger partial charge in [-0.15, -0.1) is 0 Å². The largest absolute Gasteiger partial charge is 0.326 e. The van der Waals surface area contributed by atoms with Gasteiger partial charge in [0.25, 0.3) is 0 Å². The molecule has 0 unspecified atom stereocenters. The van der Waals surface area contributed by atoms with E-state index in [1.165, 1.54) is 6.92 Å². The van der Waals surface area contributed by atoms with E-state index in [-0.39, 0.29) is 24.1 Å². The SMILES string of the molecule is CCc1cccc(N2C[C@@H](C(=O)Nc3ccc(NC(C)=O)c(C)c3)CC2=O)c1. The van der Waals surface area contributed by atoms with Crippen LogP contribution in [0.3, 0.4) is 0 Å². The molecule has 2 N–H and O–H groups in total. The second kappa shape index (κ2) is 8.25. The van der Waals surface area contributed by atoms with E-state index in [0.717, 1.165) is 23.2 Å². The average Bonchev–Trinajstić information content (AvgIpc) is 3.05. The maximum absolute atomic E-state index is 12.7. The Bertz CT molecular complexity index is 923. The molecule has 3 amide bonds. The molecule has 0 aliphatic carbocycles. The van der Waals surface area contributed by atoms with Gasteiger partial charge in [0.2, 0.25) is 17.7 Å². The van der Waals surface area contributed by atoms with E-state index < -0.39 is 5.92 Å². The van der Waals surface area contributed by atoms with Gasteiger partial charge in [0, 0.05) is 37.0 Å². The predicted molar refractivity (Wildman–Crippen MR) is 110 cm³/mol. The van der Waals surface area contributed by atoms with E-state index in [4.69, 9.17) is 0 Å². The average molecular weight is 379 g/mol. The predicted octanol–water partition coefficient (Wildman–Crippen LogP) is 3.51. The molecule has 1 heterocycles. The van der Waals surface area contributed by atoms with Crippen LogP contribution in [0.2, 0.25) is 0 Å². The van der Waals surface area contributed by atoms with E-state index >= 15 is 0 Å². The van der Waals surface area contributed by atoms with Crippen molar-refractivity contribution in [2.45, 2.75) is 33.6 Å². The lowest BCUT2D eigenvalue weighted by Gasteiger charge is -2.17. The van der Waals surface area contributed by atoms with E-state index in [2.05, 4.69) is 17.6 Å². The molecule has 0 spiro atoms. The Balaban J connectivity index is 1.67. The monoisotopic (exact) mass is 379 g/mol. The third kappa shape index (κ3) is 4.39. The van der Waals surface area contributed by atoms with Crippen LogP contribution < -0.4 is 15.5 Å². The Morgan fingerprint density at radius 1 is 1.14 bits per heavy atom. The number of amides is 3. The van der Waals surface area contributed by atoms with E-state index in [1.54, 1.807) is 17.0 Å². The molecule has 0 saturated carbocycles. The number of anilines is 3. The molecule has 146 valence electrons. The van der Waals surface area contributed by atoms with Crippen molar-refractivity contribution >= 4 is 34.8 Å². The van der Waals surface area contributed by atoms with Crippen LogP contribution >= 0.6 is 0 Å².